The van der Waals surface area contributed by atoms with E-state index in [9.17, 15) is 0 Å². The summed E-state index contributed by atoms with van der Waals surface area (Å²) in [5, 5.41) is 1.91. The van der Waals surface area contributed by atoms with Crippen LogP contribution in [0.3, 0.4) is 0 Å². The van der Waals surface area contributed by atoms with Gasteiger partial charge in [-0.3, -0.25) is 0 Å². The van der Waals surface area contributed by atoms with E-state index in [1.807, 2.05) is 12.1 Å². The molecule has 102 valence electrons. The molecule has 0 spiro atoms. The third kappa shape index (κ3) is 2.45. The topological polar surface area (TPSA) is 42.1 Å². The lowest BCUT2D eigenvalue weighted by Gasteiger charge is -2.30. The molecule has 3 nitrogen and oxygen atoms in total. The summed E-state index contributed by atoms with van der Waals surface area (Å²) >= 11 is 7.97. The first-order valence-corrected chi connectivity index (χ1v) is 7.89. The molecular formula is C14H18ClN3S. The summed E-state index contributed by atoms with van der Waals surface area (Å²) in [4.78, 5) is 7.14. The van der Waals surface area contributed by atoms with E-state index in [4.69, 9.17) is 22.3 Å². The van der Waals surface area contributed by atoms with Crippen molar-refractivity contribution in [3.63, 3.8) is 0 Å². The Bertz CT molecular complexity index is 549. The number of fused-ring (bicyclic) bond motifs is 1. The lowest BCUT2D eigenvalue weighted by Crippen LogP contribution is -2.35. The van der Waals surface area contributed by atoms with Gasteiger partial charge in [-0.2, -0.15) is 0 Å². The lowest BCUT2D eigenvalue weighted by molar-refractivity contribution is 0.414. The average Bonchev–Trinajstić information content (AvgIpc) is 2.89. The molecule has 2 N–H and O–H groups in total. The van der Waals surface area contributed by atoms with Gasteiger partial charge in [0.1, 0.15) is 0 Å². The van der Waals surface area contributed by atoms with E-state index in [-0.39, 0.29) is 0 Å². The number of piperidine rings is 1. The number of benzene rings is 1. The summed E-state index contributed by atoms with van der Waals surface area (Å²) in [7, 11) is 0. The third-order valence-electron chi connectivity index (χ3n) is 3.90. The van der Waals surface area contributed by atoms with Crippen molar-refractivity contribution < 1.29 is 0 Å². The van der Waals surface area contributed by atoms with Crippen molar-refractivity contribution in [3.8, 4) is 0 Å². The second-order valence-electron chi connectivity index (χ2n) is 5.20. The number of aromatic nitrogens is 1. The minimum Gasteiger partial charge on any atom is -0.348 e. The quantitative estimate of drug-likeness (QED) is 0.923. The van der Waals surface area contributed by atoms with Crippen molar-refractivity contribution in [1.29, 1.82) is 0 Å². The summed E-state index contributed by atoms with van der Waals surface area (Å²) < 4.78 is 1.11. The van der Waals surface area contributed by atoms with Crippen LogP contribution in [-0.2, 0) is 0 Å². The van der Waals surface area contributed by atoms with Gasteiger partial charge in [-0.1, -0.05) is 29.0 Å². The fourth-order valence-corrected chi connectivity index (χ4v) is 3.95. The van der Waals surface area contributed by atoms with Crippen molar-refractivity contribution >= 4 is 38.3 Å². The van der Waals surface area contributed by atoms with Gasteiger partial charge < -0.3 is 10.6 Å². The fraction of sp³-hybridized carbons (Fsp3) is 0.500. The number of thiazole rings is 1. The van der Waals surface area contributed by atoms with E-state index in [0.717, 1.165) is 40.0 Å². The first kappa shape index (κ1) is 13.2. The highest BCUT2D eigenvalue weighted by Crippen LogP contribution is 2.36. The first-order valence-electron chi connectivity index (χ1n) is 6.69. The van der Waals surface area contributed by atoms with Crippen LogP contribution in [0.25, 0.3) is 10.2 Å². The summed E-state index contributed by atoms with van der Waals surface area (Å²) in [5.41, 5.74) is 7.98. The van der Waals surface area contributed by atoms with Gasteiger partial charge in [0.2, 0.25) is 0 Å². The number of hydrogen-bond donors (Lipinski definition) is 1. The minimum absolute atomic E-state index is 0.677. The Kier molecular flexibility index (Phi) is 3.65. The van der Waals surface area contributed by atoms with Gasteiger partial charge in [-0.15, -0.1) is 0 Å². The molecule has 2 heterocycles. The average molecular weight is 296 g/mol. The molecule has 0 bridgehead atoms. The van der Waals surface area contributed by atoms with Crippen molar-refractivity contribution in [3.05, 3.63) is 22.7 Å². The SMILES string of the molecule is Cc1ccc(Cl)c2sc(N3CCC(CN)CC3)nc12. The fourth-order valence-electron chi connectivity index (χ4n) is 2.59. The van der Waals surface area contributed by atoms with Gasteiger partial charge in [0.15, 0.2) is 5.13 Å². The van der Waals surface area contributed by atoms with Gasteiger partial charge in [-0.05, 0) is 43.9 Å². The monoisotopic (exact) mass is 295 g/mol. The zero-order valence-corrected chi connectivity index (χ0v) is 12.6. The van der Waals surface area contributed by atoms with Gasteiger partial charge >= 0.3 is 0 Å². The maximum atomic E-state index is 6.26. The number of rotatable bonds is 2. The van der Waals surface area contributed by atoms with E-state index in [2.05, 4.69) is 11.8 Å². The zero-order valence-electron chi connectivity index (χ0n) is 11.0. The number of halogens is 1. The molecule has 2 aromatic rings. The maximum Gasteiger partial charge on any atom is 0.186 e. The Morgan fingerprint density at radius 1 is 1.42 bits per heavy atom. The van der Waals surface area contributed by atoms with Crippen LogP contribution >= 0.6 is 22.9 Å². The van der Waals surface area contributed by atoms with E-state index in [1.165, 1.54) is 18.4 Å². The van der Waals surface area contributed by atoms with Crippen molar-refractivity contribution in [1.82, 2.24) is 4.98 Å². The van der Waals surface area contributed by atoms with Crippen LogP contribution in [0.1, 0.15) is 18.4 Å². The van der Waals surface area contributed by atoms with Crippen LogP contribution < -0.4 is 10.6 Å². The molecule has 0 saturated carbocycles. The molecule has 1 aromatic heterocycles. The molecule has 0 aliphatic carbocycles. The predicted molar refractivity (Wildman–Crippen MR) is 83.4 cm³/mol. The summed E-state index contributed by atoms with van der Waals surface area (Å²) in [6.07, 6.45) is 2.33. The second kappa shape index (κ2) is 5.27. The van der Waals surface area contributed by atoms with Crippen LogP contribution in [-0.4, -0.2) is 24.6 Å². The molecule has 1 aromatic carbocycles. The Labute approximate surface area is 122 Å². The van der Waals surface area contributed by atoms with Crippen molar-refractivity contribution in [2.75, 3.05) is 24.5 Å². The standard InChI is InChI=1S/C14H18ClN3S/c1-9-2-3-11(15)13-12(9)17-14(19-13)18-6-4-10(8-16)5-7-18/h2-3,10H,4-8,16H2,1H3. The molecule has 1 aliphatic rings. The van der Waals surface area contributed by atoms with Crippen LogP contribution in [0.2, 0.25) is 5.02 Å². The number of aryl methyl sites for hydroxylation is 1. The Morgan fingerprint density at radius 2 is 2.16 bits per heavy atom. The van der Waals surface area contributed by atoms with E-state index >= 15 is 0 Å². The molecule has 0 atom stereocenters. The molecule has 1 fully saturated rings. The first-order chi connectivity index (χ1) is 9.19. The predicted octanol–water partition coefficient (Wildman–Crippen LogP) is 3.43. The minimum atomic E-state index is 0.677. The van der Waals surface area contributed by atoms with E-state index in [1.54, 1.807) is 11.3 Å². The Hall–Kier alpha value is -0.840. The zero-order chi connectivity index (χ0) is 13.4. The Balaban J connectivity index is 1.90. The molecule has 0 amide bonds. The molecule has 19 heavy (non-hydrogen) atoms. The molecule has 3 rings (SSSR count). The van der Waals surface area contributed by atoms with Crippen molar-refractivity contribution in [2.45, 2.75) is 19.8 Å². The highest BCUT2D eigenvalue weighted by atomic mass is 35.5. The molecule has 1 aliphatic heterocycles. The summed E-state index contributed by atoms with van der Waals surface area (Å²) in [6, 6.07) is 4.00. The van der Waals surface area contributed by atoms with Gasteiger partial charge in [-0.25, -0.2) is 4.98 Å². The molecule has 5 heteroatoms. The third-order valence-corrected chi connectivity index (χ3v) is 5.48. The highest BCUT2D eigenvalue weighted by molar-refractivity contribution is 7.22. The Morgan fingerprint density at radius 3 is 2.79 bits per heavy atom. The number of anilines is 1. The highest BCUT2D eigenvalue weighted by Gasteiger charge is 2.21. The molecule has 0 unspecified atom stereocenters. The van der Waals surface area contributed by atoms with E-state index < -0.39 is 0 Å². The van der Waals surface area contributed by atoms with E-state index in [0.29, 0.717) is 5.92 Å². The van der Waals surface area contributed by atoms with Crippen LogP contribution in [0, 0.1) is 12.8 Å². The largest absolute Gasteiger partial charge is 0.348 e. The summed E-state index contributed by atoms with van der Waals surface area (Å²) in [5.74, 6) is 0.677. The second-order valence-corrected chi connectivity index (χ2v) is 6.59. The van der Waals surface area contributed by atoms with Crippen LogP contribution in [0.4, 0.5) is 5.13 Å². The van der Waals surface area contributed by atoms with Gasteiger partial charge in [0, 0.05) is 13.1 Å². The van der Waals surface area contributed by atoms with Crippen LogP contribution in [0.5, 0.6) is 0 Å². The maximum absolute atomic E-state index is 6.26. The smallest absolute Gasteiger partial charge is 0.186 e. The molecule has 0 radical (unpaired) electrons. The molecule has 1 saturated heterocycles. The van der Waals surface area contributed by atoms with Gasteiger partial charge in [0.25, 0.3) is 0 Å². The lowest BCUT2D eigenvalue weighted by atomic mass is 9.98. The molecular weight excluding hydrogens is 278 g/mol. The number of hydrogen-bond acceptors (Lipinski definition) is 4. The number of nitrogens with two attached hydrogens (primary N) is 1. The van der Waals surface area contributed by atoms with Gasteiger partial charge in [0.05, 0.1) is 15.2 Å². The van der Waals surface area contributed by atoms with Crippen molar-refractivity contribution in [2.24, 2.45) is 11.7 Å². The van der Waals surface area contributed by atoms with Crippen LogP contribution in [0.15, 0.2) is 12.1 Å². The summed E-state index contributed by atoms with van der Waals surface area (Å²) in [6.45, 7) is 5.00. The number of nitrogens with zero attached hydrogens (tertiary/aromatic N) is 2. The normalized spacial score (nSPS) is 17.3.